The van der Waals surface area contributed by atoms with Crippen molar-refractivity contribution in [1.29, 1.82) is 0 Å². The highest BCUT2D eigenvalue weighted by Gasteiger charge is 2.12. The van der Waals surface area contributed by atoms with Gasteiger partial charge in [-0.25, -0.2) is 9.82 Å². The van der Waals surface area contributed by atoms with Crippen molar-refractivity contribution >= 4 is 34.5 Å². The van der Waals surface area contributed by atoms with E-state index in [4.69, 9.17) is 21.1 Å². The van der Waals surface area contributed by atoms with Gasteiger partial charge in [-0.15, -0.1) is 0 Å². The molecule has 0 atom stereocenters. The van der Waals surface area contributed by atoms with Gasteiger partial charge in [-0.05, 0) is 58.3 Å². The van der Waals surface area contributed by atoms with Crippen LogP contribution in [0.25, 0.3) is 10.8 Å². The number of rotatable bonds is 7. The summed E-state index contributed by atoms with van der Waals surface area (Å²) in [5.74, 6) is 0.132. The first-order chi connectivity index (χ1) is 16.0. The van der Waals surface area contributed by atoms with Gasteiger partial charge in [0, 0.05) is 5.56 Å². The number of ether oxygens (including phenoxy) is 2. The predicted molar refractivity (Wildman–Crippen MR) is 128 cm³/mol. The number of carbonyl (C=O) groups is 1. The molecule has 0 saturated carbocycles. The molecule has 4 aromatic carbocycles. The predicted octanol–water partition coefficient (Wildman–Crippen LogP) is 5.98. The highest BCUT2D eigenvalue weighted by Crippen LogP contribution is 2.36. The van der Waals surface area contributed by atoms with Gasteiger partial charge in [-0.3, -0.25) is 4.79 Å². The number of nitrogens with one attached hydrogen (secondary N) is 1. The normalized spacial score (nSPS) is 11.0. The smallest absolute Gasteiger partial charge is 0.271 e. The van der Waals surface area contributed by atoms with Gasteiger partial charge in [-0.2, -0.15) is 5.10 Å². The van der Waals surface area contributed by atoms with Gasteiger partial charge < -0.3 is 9.47 Å². The number of hydrazone groups is 1. The molecule has 0 radical (unpaired) electrons. The van der Waals surface area contributed by atoms with Gasteiger partial charge in [0.1, 0.15) is 12.4 Å². The van der Waals surface area contributed by atoms with Crippen LogP contribution >= 0.6 is 11.6 Å². The van der Waals surface area contributed by atoms with Crippen molar-refractivity contribution in [1.82, 2.24) is 5.43 Å². The third-order valence-electron chi connectivity index (χ3n) is 4.94. The van der Waals surface area contributed by atoms with Crippen LogP contribution in [0.2, 0.25) is 5.02 Å². The Morgan fingerprint density at radius 3 is 2.55 bits per heavy atom. The highest BCUT2D eigenvalue weighted by atomic mass is 35.5. The molecule has 4 aromatic rings. The maximum absolute atomic E-state index is 13.1. The summed E-state index contributed by atoms with van der Waals surface area (Å²) in [5.41, 5.74) is 4.43. The molecule has 0 aliphatic heterocycles. The molecule has 33 heavy (non-hydrogen) atoms. The first-order valence-corrected chi connectivity index (χ1v) is 10.5. The summed E-state index contributed by atoms with van der Waals surface area (Å²) in [4.78, 5) is 12.4. The van der Waals surface area contributed by atoms with Gasteiger partial charge in [-0.1, -0.05) is 54.1 Å². The topological polar surface area (TPSA) is 59.9 Å². The Balaban J connectivity index is 1.44. The summed E-state index contributed by atoms with van der Waals surface area (Å²) >= 11 is 6.38. The second-order valence-electron chi connectivity index (χ2n) is 7.21. The number of methoxy groups -OCH3 is 1. The van der Waals surface area contributed by atoms with E-state index in [0.717, 1.165) is 16.3 Å². The van der Waals surface area contributed by atoms with E-state index in [-0.39, 0.29) is 18.3 Å². The molecule has 166 valence electrons. The second kappa shape index (κ2) is 10.1. The molecular weight excluding hydrogens is 443 g/mol. The maximum Gasteiger partial charge on any atom is 0.271 e. The van der Waals surface area contributed by atoms with Crippen LogP contribution < -0.4 is 14.9 Å². The summed E-state index contributed by atoms with van der Waals surface area (Å²) in [5, 5.41) is 6.38. The molecule has 0 fully saturated rings. The highest BCUT2D eigenvalue weighted by molar-refractivity contribution is 6.32. The minimum Gasteiger partial charge on any atom is -0.493 e. The Hall–Kier alpha value is -3.90. The van der Waals surface area contributed by atoms with E-state index >= 15 is 0 Å². The molecule has 0 heterocycles. The largest absolute Gasteiger partial charge is 0.493 e. The lowest BCUT2D eigenvalue weighted by Gasteiger charge is -2.13. The van der Waals surface area contributed by atoms with Crippen LogP contribution in [0.5, 0.6) is 11.5 Å². The van der Waals surface area contributed by atoms with Crippen molar-refractivity contribution in [3.63, 3.8) is 0 Å². The van der Waals surface area contributed by atoms with E-state index in [2.05, 4.69) is 10.5 Å². The van der Waals surface area contributed by atoms with Crippen LogP contribution in [0.1, 0.15) is 21.5 Å². The van der Waals surface area contributed by atoms with Gasteiger partial charge in [0.2, 0.25) is 0 Å². The van der Waals surface area contributed by atoms with E-state index in [1.807, 2.05) is 36.4 Å². The number of amides is 1. The second-order valence-corrected chi connectivity index (χ2v) is 7.62. The first kappa shape index (κ1) is 22.3. The Kier molecular flexibility index (Phi) is 6.86. The van der Waals surface area contributed by atoms with E-state index in [0.29, 0.717) is 27.6 Å². The van der Waals surface area contributed by atoms with Crippen LogP contribution in [0.3, 0.4) is 0 Å². The fourth-order valence-corrected chi connectivity index (χ4v) is 3.52. The molecule has 0 aromatic heterocycles. The number of nitrogens with zero attached hydrogens (tertiary/aromatic N) is 1. The minimum atomic E-state index is -0.325. The van der Waals surface area contributed by atoms with Crippen molar-refractivity contribution in [2.24, 2.45) is 5.10 Å². The Bertz CT molecular complexity index is 1320. The molecule has 5 nitrogen and oxygen atoms in total. The number of benzene rings is 4. The third kappa shape index (κ3) is 5.48. The van der Waals surface area contributed by atoms with Gasteiger partial charge in [0.25, 0.3) is 5.91 Å². The summed E-state index contributed by atoms with van der Waals surface area (Å²) in [6.07, 6.45) is 1.47. The fourth-order valence-electron chi connectivity index (χ4n) is 3.25. The lowest BCUT2D eigenvalue weighted by atomic mass is 10.1. The van der Waals surface area contributed by atoms with Crippen LogP contribution in [0.4, 0.5) is 4.39 Å². The van der Waals surface area contributed by atoms with E-state index < -0.39 is 0 Å². The van der Waals surface area contributed by atoms with Gasteiger partial charge >= 0.3 is 0 Å². The van der Waals surface area contributed by atoms with E-state index in [9.17, 15) is 9.18 Å². The lowest BCUT2D eigenvalue weighted by Crippen LogP contribution is -2.17. The SMILES string of the molecule is COc1cc(/C=N\NC(=O)c2ccc3ccccc3c2)cc(Cl)c1OCc1ccc(F)cc1. The Labute approximate surface area is 195 Å². The average Bonchev–Trinajstić information content (AvgIpc) is 2.83. The zero-order valence-electron chi connectivity index (χ0n) is 17.7. The average molecular weight is 463 g/mol. The quantitative estimate of drug-likeness (QED) is 0.271. The van der Waals surface area contributed by atoms with Crippen molar-refractivity contribution in [3.05, 3.63) is 106 Å². The summed E-state index contributed by atoms with van der Waals surface area (Å²) in [6, 6.07) is 22.6. The number of fused-ring (bicyclic) bond motifs is 1. The number of hydrogen-bond acceptors (Lipinski definition) is 4. The zero-order chi connectivity index (χ0) is 23.2. The molecule has 4 rings (SSSR count). The van der Waals surface area contributed by atoms with Crippen molar-refractivity contribution < 1.29 is 18.7 Å². The number of carbonyl (C=O) groups excluding carboxylic acids is 1. The number of halogens is 2. The summed E-state index contributed by atoms with van der Waals surface area (Å²) in [6.45, 7) is 0.200. The van der Waals surface area contributed by atoms with Crippen LogP contribution in [-0.4, -0.2) is 19.2 Å². The fraction of sp³-hybridized carbons (Fsp3) is 0.0769. The minimum absolute atomic E-state index is 0.200. The maximum atomic E-state index is 13.1. The third-order valence-corrected chi connectivity index (χ3v) is 5.22. The standard InChI is InChI=1S/C26H20ClFN2O3/c1-32-24-13-18(12-23(27)25(24)33-16-17-6-10-22(28)11-7-17)15-29-30-26(31)21-9-8-19-4-2-3-5-20(19)14-21/h2-15H,16H2,1H3,(H,30,31)/b29-15-. The van der Waals surface area contributed by atoms with Gasteiger partial charge in [0.15, 0.2) is 11.5 Å². The summed E-state index contributed by atoms with van der Waals surface area (Å²) < 4.78 is 24.2. The molecular formula is C26H20ClFN2O3. The van der Waals surface area contributed by atoms with E-state index in [1.54, 1.807) is 30.3 Å². The number of hydrogen-bond donors (Lipinski definition) is 1. The van der Waals surface area contributed by atoms with Crippen molar-refractivity contribution in [2.45, 2.75) is 6.61 Å². The Morgan fingerprint density at radius 2 is 1.79 bits per heavy atom. The van der Waals surface area contributed by atoms with Crippen LogP contribution in [-0.2, 0) is 6.61 Å². The first-order valence-electron chi connectivity index (χ1n) is 10.1. The van der Waals surface area contributed by atoms with E-state index in [1.165, 1.54) is 25.5 Å². The molecule has 0 aliphatic carbocycles. The monoisotopic (exact) mass is 462 g/mol. The van der Waals surface area contributed by atoms with Crippen LogP contribution in [0.15, 0.2) is 84.0 Å². The molecule has 0 bridgehead atoms. The van der Waals surface area contributed by atoms with Crippen molar-refractivity contribution in [3.8, 4) is 11.5 Å². The molecule has 0 saturated heterocycles. The summed E-state index contributed by atoms with van der Waals surface area (Å²) in [7, 11) is 1.50. The zero-order valence-corrected chi connectivity index (χ0v) is 18.5. The van der Waals surface area contributed by atoms with Gasteiger partial charge in [0.05, 0.1) is 18.3 Å². The van der Waals surface area contributed by atoms with Crippen molar-refractivity contribution in [2.75, 3.05) is 7.11 Å². The van der Waals surface area contributed by atoms with Crippen LogP contribution in [0, 0.1) is 5.82 Å². The Morgan fingerprint density at radius 1 is 1.03 bits per heavy atom. The molecule has 7 heteroatoms. The molecule has 0 aliphatic rings. The molecule has 1 amide bonds. The molecule has 0 spiro atoms. The molecule has 1 N–H and O–H groups in total. The lowest BCUT2D eigenvalue weighted by molar-refractivity contribution is 0.0955. The molecule has 0 unspecified atom stereocenters.